The smallest absolute Gasteiger partial charge is 0.245 e. The van der Waals surface area contributed by atoms with Gasteiger partial charge in [-0.15, -0.1) is 0 Å². The van der Waals surface area contributed by atoms with Gasteiger partial charge in [-0.1, -0.05) is 6.92 Å². The van der Waals surface area contributed by atoms with Crippen LogP contribution < -0.4 is 15.5 Å². The third kappa shape index (κ3) is 3.96. The molecule has 9 heteroatoms. The lowest BCUT2D eigenvalue weighted by molar-refractivity contribution is -0.133. The van der Waals surface area contributed by atoms with Crippen molar-refractivity contribution in [3.05, 3.63) is 47.3 Å². The van der Waals surface area contributed by atoms with Crippen LogP contribution in [0.2, 0.25) is 0 Å². The Bertz CT molecular complexity index is 1080. The van der Waals surface area contributed by atoms with E-state index in [0.29, 0.717) is 37.4 Å². The van der Waals surface area contributed by atoms with Crippen LogP contribution in [0.1, 0.15) is 52.1 Å². The average Bonchev–Trinajstić information content (AvgIpc) is 3.12. The topological polar surface area (TPSA) is 101 Å². The lowest BCUT2D eigenvalue weighted by atomic mass is 9.75. The molecule has 3 heterocycles. The molecule has 0 radical (unpaired) electrons. The number of rotatable bonds is 6. The Hall–Kier alpha value is -3.25. The zero-order valence-corrected chi connectivity index (χ0v) is 19.9. The van der Waals surface area contributed by atoms with Gasteiger partial charge in [-0.2, -0.15) is 5.26 Å². The summed E-state index contributed by atoms with van der Waals surface area (Å²) in [5.41, 5.74) is 1.43. The predicted molar refractivity (Wildman–Crippen MR) is 126 cm³/mol. The second-order valence-corrected chi connectivity index (χ2v) is 9.08. The molecule has 2 N–H and O–H groups in total. The fourth-order valence-corrected chi connectivity index (χ4v) is 5.83. The van der Waals surface area contributed by atoms with Crippen molar-refractivity contribution in [2.45, 2.75) is 58.0 Å². The molecule has 0 spiro atoms. The van der Waals surface area contributed by atoms with Crippen LogP contribution in [0.5, 0.6) is 0 Å². The van der Waals surface area contributed by atoms with Crippen LogP contribution in [0, 0.1) is 17.2 Å². The Balaban J connectivity index is 1.67. The van der Waals surface area contributed by atoms with E-state index in [1.165, 1.54) is 13.0 Å². The Kier molecular flexibility index (Phi) is 6.71. The molecule has 34 heavy (non-hydrogen) atoms. The highest BCUT2D eigenvalue weighted by atomic mass is 19.1. The van der Waals surface area contributed by atoms with Crippen LogP contribution in [0.25, 0.3) is 0 Å². The van der Waals surface area contributed by atoms with Crippen molar-refractivity contribution in [1.82, 2.24) is 20.5 Å². The van der Waals surface area contributed by atoms with E-state index in [4.69, 9.17) is 5.26 Å². The van der Waals surface area contributed by atoms with Gasteiger partial charge in [0.25, 0.3) is 0 Å². The maximum Gasteiger partial charge on any atom is 0.245 e. The molecule has 4 rings (SSSR count). The van der Waals surface area contributed by atoms with Crippen molar-refractivity contribution in [3.8, 4) is 6.07 Å². The molecular formula is C25H31FN6O2. The Morgan fingerprint density at radius 2 is 2.24 bits per heavy atom. The molecule has 1 aromatic heterocycles. The van der Waals surface area contributed by atoms with Gasteiger partial charge in [-0.25, -0.2) is 9.37 Å². The number of likely N-dealkylation sites (N-methyl/N-ethyl adjacent to an activating group) is 1. The predicted octanol–water partition coefficient (Wildman–Crippen LogP) is 2.74. The summed E-state index contributed by atoms with van der Waals surface area (Å²) in [4.78, 5) is 34.2. The van der Waals surface area contributed by atoms with Crippen LogP contribution in [0.15, 0.2) is 41.6 Å². The van der Waals surface area contributed by atoms with Crippen molar-refractivity contribution < 1.29 is 14.0 Å². The maximum absolute atomic E-state index is 14.7. The summed E-state index contributed by atoms with van der Waals surface area (Å²) in [5.74, 6) is -0.781. The van der Waals surface area contributed by atoms with Crippen molar-refractivity contribution in [3.63, 3.8) is 0 Å². The average molecular weight is 467 g/mol. The molecule has 2 unspecified atom stereocenters. The molecular weight excluding hydrogens is 435 g/mol. The lowest BCUT2D eigenvalue weighted by Crippen LogP contribution is -2.62. The van der Waals surface area contributed by atoms with E-state index in [0.717, 1.165) is 18.5 Å². The number of piperidine rings is 1. The van der Waals surface area contributed by atoms with Crippen molar-refractivity contribution in [1.29, 1.82) is 5.26 Å². The molecule has 3 atom stereocenters. The maximum atomic E-state index is 14.7. The summed E-state index contributed by atoms with van der Waals surface area (Å²) in [6.45, 7) is 7.24. The fourth-order valence-electron chi connectivity index (χ4n) is 5.83. The number of amides is 2. The number of hydrogen-bond acceptors (Lipinski definition) is 6. The first-order valence-corrected chi connectivity index (χ1v) is 11.9. The van der Waals surface area contributed by atoms with Gasteiger partial charge in [-0.05, 0) is 50.9 Å². The van der Waals surface area contributed by atoms with Gasteiger partial charge < -0.3 is 15.5 Å². The second-order valence-electron chi connectivity index (χ2n) is 9.08. The molecule has 2 amide bonds. The minimum Gasteiger partial charge on any atom is -0.384 e. The normalized spacial score (nSPS) is 26.9. The SMILES string of the molecule is CCNC1=C2NC(=O)C(CC)(N3CCC[C@@H](N(C(C)=O)c4ccc(C#N)nc4)C3)C2CC(F)=C1. The summed E-state index contributed by atoms with van der Waals surface area (Å²) in [6, 6.07) is 5.16. The number of allylic oxidation sites excluding steroid dienone is 2. The molecule has 1 aromatic rings. The Labute approximate surface area is 199 Å². The number of likely N-dealkylation sites (tertiary alicyclic amines) is 1. The van der Waals surface area contributed by atoms with Crippen LogP contribution in [-0.4, -0.2) is 52.9 Å². The monoisotopic (exact) mass is 466 g/mol. The van der Waals surface area contributed by atoms with E-state index >= 15 is 0 Å². The van der Waals surface area contributed by atoms with Crippen LogP contribution >= 0.6 is 0 Å². The standard InChI is InChI=1S/C25H31FN6O2/c1-4-25(21-11-17(26)12-22(28-5-2)23(21)30-24(25)34)31-10-6-7-20(15-31)32(16(3)33)19-9-8-18(13-27)29-14-19/h8-9,12,14,20-21,28H,4-7,10-11,15H2,1-3H3,(H,30,34)/t20-,21?,25?/m1/s1. The van der Waals surface area contributed by atoms with Crippen LogP contribution in [0.3, 0.4) is 0 Å². The van der Waals surface area contributed by atoms with Gasteiger partial charge in [0.05, 0.1) is 17.6 Å². The first kappa shape index (κ1) is 23.9. The van der Waals surface area contributed by atoms with Crippen LogP contribution in [0.4, 0.5) is 10.1 Å². The van der Waals surface area contributed by atoms with E-state index in [9.17, 15) is 14.0 Å². The quantitative estimate of drug-likeness (QED) is 0.669. The number of halogens is 1. The Morgan fingerprint density at radius 3 is 2.85 bits per heavy atom. The molecule has 3 aliphatic rings. The van der Waals surface area contributed by atoms with Crippen LogP contribution in [-0.2, 0) is 9.59 Å². The summed E-state index contributed by atoms with van der Waals surface area (Å²) in [5, 5.41) is 15.3. The summed E-state index contributed by atoms with van der Waals surface area (Å²) in [7, 11) is 0. The molecule has 2 aliphatic heterocycles. The second kappa shape index (κ2) is 9.55. The molecule has 180 valence electrons. The third-order valence-corrected chi connectivity index (χ3v) is 7.27. The number of nitrogens with one attached hydrogen (secondary N) is 2. The number of hydrogen-bond donors (Lipinski definition) is 2. The van der Waals surface area contributed by atoms with Crippen molar-refractivity contribution in [2.75, 3.05) is 24.5 Å². The number of pyridine rings is 1. The highest BCUT2D eigenvalue weighted by Gasteiger charge is 2.57. The van der Waals surface area contributed by atoms with E-state index in [1.807, 2.05) is 19.9 Å². The van der Waals surface area contributed by atoms with Gasteiger partial charge >= 0.3 is 0 Å². The van der Waals surface area contributed by atoms with Crippen molar-refractivity contribution >= 4 is 17.5 Å². The summed E-state index contributed by atoms with van der Waals surface area (Å²) < 4.78 is 14.7. The zero-order chi connectivity index (χ0) is 24.5. The Morgan fingerprint density at radius 1 is 1.44 bits per heavy atom. The van der Waals surface area contributed by atoms with E-state index < -0.39 is 5.54 Å². The van der Waals surface area contributed by atoms with E-state index in [2.05, 4.69) is 20.5 Å². The number of nitriles is 1. The lowest BCUT2D eigenvalue weighted by Gasteiger charge is -2.48. The summed E-state index contributed by atoms with van der Waals surface area (Å²) in [6.07, 6.45) is 5.31. The fraction of sp³-hybridized carbons (Fsp3) is 0.520. The number of carbonyl (C=O) groups is 2. The molecule has 8 nitrogen and oxygen atoms in total. The highest BCUT2D eigenvalue weighted by molar-refractivity contribution is 5.93. The van der Waals surface area contributed by atoms with Gasteiger partial charge in [0.2, 0.25) is 11.8 Å². The first-order valence-electron chi connectivity index (χ1n) is 11.9. The molecule has 0 bridgehead atoms. The number of anilines is 1. The molecule has 2 saturated heterocycles. The highest BCUT2D eigenvalue weighted by Crippen LogP contribution is 2.46. The number of fused-ring (bicyclic) bond motifs is 1. The number of nitrogens with zero attached hydrogens (tertiary/aromatic N) is 4. The van der Waals surface area contributed by atoms with Gasteiger partial charge in [0, 0.05) is 44.1 Å². The first-order chi connectivity index (χ1) is 16.3. The van der Waals surface area contributed by atoms with Gasteiger partial charge in [-0.3, -0.25) is 14.5 Å². The van der Waals surface area contributed by atoms with Gasteiger partial charge in [0.15, 0.2) is 0 Å². The molecule has 2 fully saturated rings. The minimum absolute atomic E-state index is 0.108. The van der Waals surface area contributed by atoms with Crippen molar-refractivity contribution in [2.24, 2.45) is 5.92 Å². The van der Waals surface area contributed by atoms with E-state index in [1.54, 1.807) is 23.2 Å². The number of aromatic nitrogens is 1. The molecule has 0 aromatic carbocycles. The third-order valence-electron chi connectivity index (χ3n) is 7.27. The van der Waals surface area contributed by atoms with Gasteiger partial charge in [0.1, 0.15) is 23.1 Å². The molecule has 1 aliphatic carbocycles. The minimum atomic E-state index is -0.883. The number of carbonyl (C=O) groups excluding carboxylic acids is 2. The largest absolute Gasteiger partial charge is 0.384 e. The van der Waals surface area contributed by atoms with E-state index in [-0.39, 0.29) is 41.7 Å². The molecule has 0 saturated carbocycles. The zero-order valence-electron chi connectivity index (χ0n) is 19.9. The summed E-state index contributed by atoms with van der Waals surface area (Å²) >= 11 is 0.